The summed E-state index contributed by atoms with van der Waals surface area (Å²) in [5.74, 6) is 0. The van der Waals surface area contributed by atoms with Crippen molar-refractivity contribution in [2.24, 2.45) is 0 Å². The second kappa shape index (κ2) is 3.08. The van der Waals surface area contributed by atoms with Gasteiger partial charge in [0, 0.05) is 12.2 Å². The van der Waals surface area contributed by atoms with Crippen molar-refractivity contribution < 1.29 is 0 Å². The van der Waals surface area contributed by atoms with E-state index in [1.807, 2.05) is 18.7 Å². The molecule has 2 aromatic heterocycles. The van der Waals surface area contributed by atoms with E-state index >= 15 is 0 Å². The number of hydrogen-bond acceptors (Lipinski definition) is 2. The maximum absolute atomic E-state index is 4.36. The Morgan fingerprint density at radius 1 is 1.29 bits per heavy atom. The summed E-state index contributed by atoms with van der Waals surface area (Å²) in [5, 5.41) is 0. The van der Waals surface area contributed by atoms with Gasteiger partial charge in [-0.2, -0.15) is 0 Å². The van der Waals surface area contributed by atoms with Gasteiger partial charge in [0.25, 0.3) is 0 Å². The molecular weight excluding hydrogens is 174 g/mol. The molecule has 0 spiro atoms. The van der Waals surface area contributed by atoms with Crippen LogP contribution in [-0.2, 0) is 0 Å². The van der Waals surface area contributed by atoms with Gasteiger partial charge in [0.2, 0.25) is 0 Å². The van der Waals surface area contributed by atoms with Crippen molar-refractivity contribution >= 4 is 11.0 Å². The number of rotatable bonds is 1. The van der Waals surface area contributed by atoms with E-state index in [1.54, 1.807) is 0 Å². The van der Waals surface area contributed by atoms with Crippen LogP contribution in [0.1, 0.15) is 31.7 Å². The number of aromatic nitrogens is 3. The molecule has 0 radical (unpaired) electrons. The smallest absolute Gasteiger partial charge is 0.107 e. The van der Waals surface area contributed by atoms with Gasteiger partial charge in [-0.3, -0.25) is 4.98 Å². The van der Waals surface area contributed by atoms with Crippen LogP contribution in [0, 0.1) is 0 Å². The first-order valence-electron chi connectivity index (χ1n) is 5.22. The van der Waals surface area contributed by atoms with Crippen molar-refractivity contribution in [2.75, 3.05) is 0 Å². The van der Waals surface area contributed by atoms with Gasteiger partial charge in [0.15, 0.2) is 0 Å². The van der Waals surface area contributed by atoms with Crippen LogP contribution in [0.5, 0.6) is 0 Å². The highest BCUT2D eigenvalue weighted by Gasteiger charge is 2.18. The zero-order valence-electron chi connectivity index (χ0n) is 8.06. The normalized spacial score (nSPS) is 18.0. The minimum Gasteiger partial charge on any atom is -0.327 e. The second-order valence-electron chi connectivity index (χ2n) is 3.95. The molecule has 0 saturated heterocycles. The summed E-state index contributed by atoms with van der Waals surface area (Å²) in [4.78, 5) is 8.44. The van der Waals surface area contributed by atoms with Crippen LogP contribution >= 0.6 is 0 Å². The van der Waals surface area contributed by atoms with E-state index in [-0.39, 0.29) is 0 Å². The molecule has 3 rings (SSSR count). The molecule has 0 bridgehead atoms. The third-order valence-electron chi connectivity index (χ3n) is 3.10. The summed E-state index contributed by atoms with van der Waals surface area (Å²) in [6.07, 6.45) is 10.9. The summed E-state index contributed by atoms with van der Waals surface area (Å²) in [6, 6.07) is 2.73. The van der Waals surface area contributed by atoms with Crippen LogP contribution in [0.4, 0.5) is 0 Å². The van der Waals surface area contributed by atoms with E-state index in [0.717, 1.165) is 5.52 Å². The number of hydrogen-bond donors (Lipinski definition) is 0. The molecule has 0 atom stereocenters. The number of nitrogens with zero attached hydrogens (tertiary/aromatic N) is 3. The molecule has 1 aliphatic carbocycles. The molecule has 0 aliphatic heterocycles. The minimum absolute atomic E-state index is 0.669. The molecule has 0 amide bonds. The van der Waals surface area contributed by atoms with Gasteiger partial charge in [-0.1, -0.05) is 12.8 Å². The van der Waals surface area contributed by atoms with Crippen LogP contribution in [-0.4, -0.2) is 14.5 Å². The van der Waals surface area contributed by atoms with E-state index in [0.29, 0.717) is 6.04 Å². The Bertz CT molecular complexity index is 440. The average Bonchev–Trinajstić information content (AvgIpc) is 2.85. The van der Waals surface area contributed by atoms with Gasteiger partial charge < -0.3 is 4.57 Å². The van der Waals surface area contributed by atoms with Crippen molar-refractivity contribution in [3.8, 4) is 0 Å². The average molecular weight is 187 g/mol. The second-order valence-corrected chi connectivity index (χ2v) is 3.95. The lowest BCUT2D eigenvalue weighted by molar-refractivity contribution is 0.532. The fourth-order valence-electron chi connectivity index (χ4n) is 2.36. The van der Waals surface area contributed by atoms with Crippen molar-refractivity contribution in [1.82, 2.24) is 14.5 Å². The van der Waals surface area contributed by atoms with Crippen molar-refractivity contribution in [3.63, 3.8) is 0 Å². The van der Waals surface area contributed by atoms with Gasteiger partial charge in [-0.25, -0.2) is 4.98 Å². The minimum atomic E-state index is 0.669. The Hall–Kier alpha value is -1.38. The summed E-state index contributed by atoms with van der Waals surface area (Å²) >= 11 is 0. The quantitative estimate of drug-likeness (QED) is 0.686. The molecule has 2 heterocycles. The number of imidazole rings is 1. The summed E-state index contributed by atoms with van der Waals surface area (Å²) in [6.45, 7) is 0. The summed E-state index contributed by atoms with van der Waals surface area (Å²) in [5.41, 5.74) is 2.24. The van der Waals surface area contributed by atoms with Crippen molar-refractivity contribution in [3.05, 3.63) is 24.8 Å². The number of pyridine rings is 1. The molecule has 3 nitrogen and oxygen atoms in total. The third kappa shape index (κ3) is 1.12. The Kier molecular flexibility index (Phi) is 1.76. The predicted molar refractivity (Wildman–Crippen MR) is 55.0 cm³/mol. The molecule has 72 valence electrons. The molecule has 1 fully saturated rings. The molecular formula is C11H13N3. The fraction of sp³-hybridized carbons (Fsp3) is 0.455. The van der Waals surface area contributed by atoms with Gasteiger partial charge in [0.1, 0.15) is 5.52 Å². The predicted octanol–water partition coefficient (Wildman–Crippen LogP) is 2.55. The lowest BCUT2D eigenvalue weighted by Crippen LogP contribution is -2.02. The lowest BCUT2D eigenvalue weighted by atomic mass is 10.2. The first-order valence-corrected chi connectivity index (χ1v) is 5.22. The number of fused-ring (bicyclic) bond motifs is 1. The zero-order valence-corrected chi connectivity index (χ0v) is 8.06. The monoisotopic (exact) mass is 187 g/mol. The van der Waals surface area contributed by atoms with Crippen LogP contribution < -0.4 is 0 Å². The fourth-order valence-corrected chi connectivity index (χ4v) is 2.36. The molecule has 3 heteroatoms. The van der Waals surface area contributed by atoms with Crippen molar-refractivity contribution in [1.29, 1.82) is 0 Å². The molecule has 0 aromatic carbocycles. The van der Waals surface area contributed by atoms with Gasteiger partial charge >= 0.3 is 0 Å². The third-order valence-corrected chi connectivity index (χ3v) is 3.10. The Morgan fingerprint density at radius 2 is 2.14 bits per heavy atom. The topological polar surface area (TPSA) is 30.7 Å². The van der Waals surface area contributed by atoms with Gasteiger partial charge in [-0.15, -0.1) is 0 Å². The maximum atomic E-state index is 4.36. The van der Waals surface area contributed by atoms with E-state index < -0.39 is 0 Å². The SMILES string of the molecule is c1cc2c(cn1)ncn2C1CCCC1. The zero-order chi connectivity index (χ0) is 9.38. The van der Waals surface area contributed by atoms with Gasteiger partial charge in [-0.05, 0) is 18.9 Å². The first-order chi connectivity index (χ1) is 6.95. The van der Waals surface area contributed by atoms with Crippen LogP contribution in [0.15, 0.2) is 24.8 Å². The Labute approximate surface area is 82.8 Å². The molecule has 0 N–H and O–H groups in total. The molecule has 1 aliphatic rings. The van der Waals surface area contributed by atoms with Crippen LogP contribution in [0.3, 0.4) is 0 Å². The van der Waals surface area contributed by atoms with Gasteiger partial charge in [0.05, 0.1) is 18.0 Å². The summed E-state index contributed by atoms with van der Waals surface area (Å²) in [7, 11) is 0. The van der Waals surface area contributed by atoms with Crippen molar-refractivity contribution in [2.45, 2.75) is 31.7 Å². The highest BCUT2D eigenvalue weighted by atomic mass is 15.1. The molecule has 1 saturated carbocycles. The Morgan fingerprint density at radius 3 is 3.00 bits per heavy atom. The lowest BCUT2D eigenvalue weighted by Gasteiger charge is -2.11. The van der Waals surface area contributed by atoms with Crippen LogP contribution in [0.2, 0.25) is 0 Å². The summed E-state index contributed by atoms with van der Waals surface area (Å²) < 4.78 is 2.31. The van der Waals surface area contributed by atoms with E-state index in [2.05, 4.69) is 20.6 Å². The highest BCUT2D eigenvalue weighted by Crippen LogP contribution is 2.31. The van der Waals surface area contributed by atoms with E-state index in [9.17, 15) is 0 Å². The molecule has 2 aromatic rings. The highest BCUT2D eigenvalue weighted by molar-refractivity contribution is 5.73. The maximum Gasteiger partial charge on any atom is 0.107 e. The largest absolute Gasteiger partial charge is 0.327 e. The standard InChI is InChI=1S/C11H13N3/c1-2-4-9(3-1)14-8-13-10-7-12-6-5-11(10)14/h5-9H,1-4H2. The molecule has 0 unspecified atom stereocenters. The van der Waals surface area contributed by atoms with E-state index in [4.69, 9.17) is 0 Å². The first kappa shape index (κ1) is 7.97. The van der Waals surface area contributed by atoms with Crippen LogP contribution in [0.25, 0.3) is 11.0 Å². The van der Waals surface area contributed by atoms with E-state index in [1.165, 1.54) is 31.2 Å². The Balaban J connectivity index is 2.11. The molecule has 14 heavy (non-hydrogen) atoms.